The van der Waals surface area contributed by atoms with Crippen molar-refractivity contribution in [1.82, 2.24) is 9.55 Å². The average Bonchev–Trinajstić information content (AvgIpc) is 2.91. The van der Waals surface area contributed by atoms with Gasteiger partial charge in [0, 0.05) is 12.4 Å². The van der Waals surface area contributed by atoms with E-state index in [4.69, 9.17) is 5.26 Å². The Kier molecular flexibility index (Phi) is 4.16. The molecule has 0 radical (unpaired) electrons. The Hall–Kier alpha value is -2.34. The van der Waals surface area contributed by atoms with Gasteiger partial charge in [0.15, 0.2) is 0 Å². The first-order valence-electron chi connectivity index (χ1n) is 7.59. The molecule has 0 saturated heterocycles. The summed E-state index contributed by atoms with van der Waals surface area (Å²) in [5.41, 5.74) is 4.63. The summed E-state index contributed by atoms with van der Waals surface area (Å²) in [6.45, 7) is 0. The molecular formula is C18H19N3. The first-order chi connectivity index (χ1) is 10.4. The van der Waals surface area contributed by atoms with Crippen molar-refractivity contribution in [1.29, 1.82) is 5.26 Å². The van der Waals surface area contributed by atoms with E-state index < -0.39 is 0 Å². The molecule has 0 spiro atoms. The third kappa shape index (κ3) is 3.05. The van der Waals surface area contributed by atoms with Crippen LogP contribution in [0.25, 0.3) is 5.70 Å². The van der Waals surface area contributed by atoms with Crippen molar-refractivity contribution in [2.45, 2.75) is 38.5 Å². The second-order valence-electron chi connectivity index (χ2n) is 5.53. The van der Waals surface area contributed by atoms with Crippen molar-refractivity contribution >= 4 is 5.70 Å². The first kappa shape index (κ1) is 13.6. The van der Waals surface area contributed by atoms with Gasteiger partial charge < -0.3 is 4.57 Å². The number of nitrogens with zero attached hydrogens (tertiary/aromatic N) is 3. The Balaban J connectivity index is 2.07. The molecule has 0 aliphatic heterocycles. The molecule has 1 aliphatic rings. The number of aromatic nitrogens is 2. The van der Waals surface area contributed by atoms with Crippen LogP contribution in [0.4, 0.5) is 0 Å². The van der Waals surface area contributed by atoms with Crippen molar-refractivity contribution in [3.63, 3.8) is 0 Å². The molecule has 3 rings (SSSR count). The summed E-state index contributed by atoms with van der Waals surface area (Å²) >= 11 is 0. The van der Waals surface area contributed by atoms with Crippen LogP contribution in [-0.2, 0) is 0 Å². The molecule has 1 fully saturated rings. The van der Waals surface area contributed by atoms with Gasteiger partial charge in [0.2, 0.25) is 0 Å². The van der Waals surface area contributed by atoms with E-state index in [2.05, 4.69) is 15.6 Å². The summed E-state index contributed by atoms with van der Waals surface area (Å²) in [6.07, 6.45) is 13.2. The number of benzene rings is 1. The fourth-order valence-corrected chi connectivity index (χ4v) is 3.02. The summed E-state index contributed by atoms with van der Waals surface area (Å²) in [5, 5.41) is 8.96. The van der Waals surface area contributed by atoms with E-state index in [-0.39, 0.29) is 0 Å². The highest BCUT2D eigenvalue weighted by molar-refractivity contribution is 5.69. The third-order valence-electron chi connectivity index (χ3n) is 4.09. The summed E-state index contributed by atoms with van der Waals surface area (Å²) < 4.78 is 2.11. The molecule has 0 atom stereocenters. The Morgan fingerprint density at radius 2 is 1.76 bits per heavy atom. The van der Waals surface area contributed by atoms with Crippen LogP contribution in [0.1, 0.15) is 49.7 Å². The normalized spacial score (nSPS) is 15.3. The van der Waals surface area contributed by atoms with Crippen molar-refractivity contribution in [2.24, 2.45) is 0 Å². The van der Waals surface area contributed by atoms with Crippen LogP contribution in [0.15, 0.2) is 48.6 Å². The van der Waals surface area contributed by atoms with Crippen molar-refractivity contribution in [3.8, 4) is 6.07 Å². The highest BCUT2D eigenvalue weighted by atomic mass is 15.0. The fraction of sp³-hybridized carbons (Fsp3) is 0.333. The van der Waals surface area contributed by atoms with Gasteiger partial charge in [-0.3, -0.25) is 0 Å². The van der Waals surface area contributed by atoms with Gasteiger partial charge in [0.05, 0.1) is 23.7 Å². The zero-order valence-corrected chi connectivity index (χ0v) is 12.1. The van der Waals surface area contributed by atoms with Crippen LogP contribution in [0.2, 0.25) is 0 Å². The van der Waals surface area contributed by atoms with E-state index in [1.54, 1.807) is 0 Å². The number of allylic oxidation sites excluding steroid dienone is 1. The second kappa shape index (κ2) is 6.41. The molecular weight excluding hydrogens is 258 g/mol. The SMILES string of the molecule is N#Cc1ccc(C(=C2CCCCCC2)n2ccnc2)cc1. The molecule has 0 bridgehead atoms. The van der Waals surface area contributed by atoms with Crippen LogP contribution < -0.4 is 0 Å². The van der Waals surface area contributed by atoms with E-state index in [1.165, 1.54) is 42.5 Å². The molecule has 3 nitrogen and oxygen atoms in total. The van der Waals surface area contributed by atoms with Gasteiger partial charge in [-0.1, -0.05) is 25.0 Å². The predicted molar refractivity (Wildman–Crippen MR) is 83.4 cm³/mol. The van der Waals surface area contributed by atoms with E-state index >= 15 is 0 Å². The summed E-state index contributed by atoms with van der Waals surface area (Å²) in [7, 11) is 0. The Morgan fingerprint density at radius 1 is 1.05 bits per heavy atom. The minimum atomic E-state index is 0.703. The Morgan fingerprint density at radius 3 is 2.33 bits per heavy atom. The maximum absolute atomic E-state index is 8.96. The third-order valence-corrected chi connectivity index (χ3v) is 4.09. The topological polar surface area (TPSA) is 41.6 Å². The van der Waals surface area contributed by atoms with Crippen molar-refractivity contribution in [2.75, 3.05) is 0 Å². The monoisotopic (exact) mass is 277 g/mol. The fourth-order valence-electron chi connectivity index (χ4n) is 3.02. The molecule has 1 heterocycles. The number of imidazole rings is 1. The van der Waals surface area contributed by atoms with Crippen LogP contribution in [0, 0.1) is 11.3 Å². The van der Waals surface area contributed by atoms with Gasteiger partial charge in [-0.05, 0) is 49.0 Å². The summed E-state index contributed by atoms with van der Waals surface area (Å²) in [4.78, 5) is 4.20. The number of rotatable bonds is 2. The smallest absolute Gasteiger partial charge is 0.0991 e. The summed E-state index contributed by atoms with van der Waals surface area (Å²) in [5.74, 6) is 0. The van der Waals surface area contributed by atoms with Gasteiger partial charge in [-0.15, -0.1) is 0 Å². The Bertz CT molecular complexity index is 647. The van der Waals surface area contributed by atoms with Gasteiger partial charge in [0.25, 0.3) is 0 Å². The molecule has 2 aromatic rings. The van der Waals surface area contributed by atoms with Crippen molar-refractivity contribution < 1.29 is 0 Å². The zero-order valence-electron chi connectivity index (χ0n) is 12.1. The van der Waals surface area contributed by atoms with E-state index in [9.17, 15) is 0 Å². The molecule has 0 unspecified atom stereocenters. The quantitative estimate of drug-likeness (QED) is 0.765. The number of hydrogen-bond acceptors (Lipinski definition) is 2. The lowest BCUT2D eigenvalue weighted by molar-refractivity contribution is 0.702. The molecule has 1 aromatic heterocycles. The molecule has 0 amide bonds. The summed E-state index contributed by atoms with van der Waals surface area (Å²) in [6, 6.07) is 10.1. The predicted octanol–water partition coefficient (Wildman–Crippen LogP) is 4.37. The van der Waals surface area contributed by atoms with E-state index in [0.29, 0.717) is 5.56 Å². The van der Waals surface area contributed by atoms with E-state index in [0.717, 1.165) is 12.8 Å². The molecule has 1 saturated carbocycles. The first-order valence-corrected chi connectivity index (χ1v) is 7.59. The van der Waals surface area contributed by atoms with Crippen molar-refractivity contribution in [3.05, 3.63) is 59.7 Å². The van der Waals surface area contributed by atoms with E-state index in [1.807, 2.05) is 43.0 Å². The average molecular weight is 277 g/mol. The molecule has 0 N–H and O–H groups in total. The number of nitriles is 1. The van der Waals surface area contributed by atoms with Gasteiger partial charge >= 0.3 is 0 Å². The van der Waals surface area contributed by atoms with Gasteiger partial charge in [0.1, 0.15) is 0 Å². The minimum Gasteiger partial charge on any atom is -0.306 e. The maximum atomic E-state index is 8.96. The zero-order chi connectivity index (χ0) is 14.5. The lowest BCUT2D eigenvalue weighted by Crippen LogP contribution is -2.01. The molecule has 1 aromatic carbocycles. The van der Waals surface area contributed by atoms with Crippen LogP contribution >= 0.6 is 0 Å². The highest BCUT2D eigenvalue weighted by Crippen LogP contribution is 2.30. The molecule has 3 heteroatoms. The largest absolute Gasteiger partial charge is 0.306 e. The minimum absolute atomic E-state index is 0.703. The molecule has 21 heavy (non-hydrogen) atoms. The van der Waals surface area contributed by atoms with Crippen LogP contribution in [0.3, 0.4) is 0 Å². The molecule has 106 valence electrons. The second-order valence-corrected chi connectivity index (χ2v) is 5.53. The van der Waals surface area contributed by atoms with Gasteiger partial charge in [-0.2, -0.15) is 5.26 Å². The number of hydrogen-bond donors (Lipinski definition) is 0. The maximum Gasteiger partial charge on any atom is 0.0991 e. The highest BCUT2D eigenvalue weighted by Gasteiger charge is 2.13. The van der Waals surface area contributed by atoms with Gasteiger partial charge in [-0.25, -0.2) is 4.98 Å². The lowest BCUT2D eigenvalue weighted by Gasteiger charge is -2.15. The molecule has 1 aliphatic carbocycles. The lowest BCUT2D eigenvalue weighted by atomic mass is 9.99. The standard InChI is InChI=1S/C18H19N3/c19-13-15-7-9-17(10-8-15)18(21-12-11-20-14-21)16-5-3-1-2-4-6-16/h7-12,14H,1-6H2. The van der Waals surface area contributed by atoms with Crippen LogP contribution in [-0.4, -0.2) is 9.55 Å². The van der Waals surface area contributed by atoms with Crippen LogP contribution in [0.5, 0.6) is 0 Å². The Labute approximate surface area is 125 Å².